The molecule has 0 radical (unpaired) electrons. The lowest BCUT2D eigenvalue weighted by molar-refractivity contribution is 0.0671. The maximum atomic E-state index is 12.8. The van der Waals surface area contributed by atoms with E-state index >= 15 is 0 Å². The third kappa shape index (κ3) is 4.19. The van der Waals surface area contributed by atoms with E-state index in [4.69, 9.17) is 5.73 Å². The van der Waals surface area contributed by atoms with E-state index in [9.17, 15) is 9.59 Å². The summed E-state index contributed by atoms with van der Waals surface area (Å²) in [6.07, 6.45) is 0.873. The first-order valence-electron chi connectivity index (χ1n) is 7.77. The number of rotatable bonds is 6. The molecule has 2 amide bonds. The number of benzene rings is 2. The Balaban J connectivity index is 2.24. The van der Waals surface area contributed by atoms with Crippen molar-refractivity contribution in [1.29, 1.82) is 0 Å². The van der Waals surface area contributed by atoms with Gasteiger partial charge in [0.05, 0.1) is 0 Å². The van der Waals surface area contributed by atoms with Gasteiger partial charge in [-0.1, -0.05) is 37.3 Å². The van der Waals surface area contributed by atoms with Crippen LogP contribution in [0.1, 0.15) is 46.5 Å². The molecule has 0 aliphatic rings. The summed E-state index contributed by atoms with van der Waals surface area (Å²) in [5.41, 5.74) is 7.29. The quantitative estimate of drug-likeness (QED) is 0.890. The zero-order valence-electron chi connectivity index (χ0n) is 13.5. The number of nitrogens with two attached hydrogens (primary N) is 1. The molecule has 4 nitrogen and oxygen atoms in total. The van der Waals surface area contributed by atoms with E-state index in [0.717, 1.165) is 12.0 Å². The molecule has 23 heavy (non-hydrogen) atoms. The molecule has 0 saturated carbocycles. The van der Waals surface area contributed by atoms with Crippen LogP contribution in [0.15, 0.2) is 54.6 Å². The number of carbonyl (C=O) groups excluding carboxylic acids is 2. The van der Waals surface area contributed by atoms with Crippen LogP contribution >= 0.6 is 0 Å². The lowest BCUT2D eigenvalue weighted by atomic mass is 10.1. The lowest BCUT2D eigenvalue weighted by Gasteiger charge is -2.29. The number of primary amides is 1. The average molecular weight is 310 g/mol. The van der Waals surface area contributed by atoms with Gasteiger partial charge in [-0.15, -0.1) is 0 Å². The summed E-state index contributed by atoms with van der Waals surface area (Å²) < 4.78 is 0. The Morgan fingerprint density at radius 3 is 2.09 bits per heavy atom. The van der Waals surface area contributed by atoms with Gasteiger partial charge < -0.3 is 10.6 Å². The summed E-state index contributed by atoms with van der Waals surface area (Å²) >= 11 is 0. The summed E-state index contributed by atoms with van der Waals surface area (Å²) in [5.74, 6) is -0.536. The minimum atomic E-state index is -0.493. The van der Waals surface area contributed by atoms with Crippen molar-refractivity contribution in [2.24, 2.45) is 5.73 Å². The monoisotopic (exact) mass is 310 g/mol. The van der Waals surface area contributed by atoms with Crippen molar-refractivity contribution in [2.45, 2.75) is 32.9 Å². The highest BCUT2D eigenvalue weighted by Crippen LogP contribution is 2.16. The topological polar surface area (TPSA) is 63.4 Å². The summed E-state index contributed by atoms with van der Waals surface area (Å²) in [6, 6.07) is 16.5. The fourth-order valence-electron chi connectivity index (χ4n) is 2.37. The first-order chi connectivity index (χ1) is 11.0. The van der Waals surface area contributed by atoms with Gasteiger partial charge in [0.1, 0.15) is 0 Å². The maximum absolute atomic E-state index is 12.8. The molecule has 1 atom stereocenters. The first-order valence-corrected chi connectivity index (χ1v) is 7.77. The predicted molar refractivity (Wildman–Crippen MR) is 91.0 cm³/mol. The van der Waals surface area contributed by atoms with Crippen molar-refractivity contribution < 1.29 is 9.59 Å². The van der Waals surface area contributed by atoms with Gasteiger partial charge >= 0.3 is 0 Å². The highest BCUT2D eigenvalue weighted by atomic mass is 16.2. The molecule has 0 spiro atoms. The summed E-state index contributed by atoms with van der Waals surface area (Å²) in [5, 5.41) is 0. The van der Waals surface area contributed by atoms with Crippen LogP contribution in [-0.2, 0) is 6.54 Å². The van der Waals surface area contributed by atoms with Crippen LogP contribution in [0.4, 0.5) is 0 Å². The number of hydrogen-bond acceptors (Lipinski definition) is 2. The maximum Gasteiger partial charge on any atom is 0.254 e. The Hall–Kier alpha value is -2.62. The van der Waals surface area contributed by atoms with Gasteiger partial charge in [0.2, 0.25) is 5.91 Å². The minimum Gasteiger partial charge on any atom is -0.366 e. The summed E-state index contributed by atoms with van der Waals surface area (Å²) in [7, 11) is 0. The fraction of sp³-hybridized carbons (Fsp3) is 0.263. The van der Waals surface area contributed by atoms with Crippen LogP contribution in [0, 0.1) is 0 Å². The highest BCUT2D eigenvalue weighted by molar-refractivity contribution is 5.97. The SMILES string of the molecule is CC[C@@H](C)N(Cc1ccccc1)C(=O)c1ccc(C(N)=O)cc1. The van der Waals surface area contributed by atoms with Crippen molar-refractivity contribution in [1.82, 2.24) is 4.90 Å². The van der Waals surface area contributed by atoms with E-state index < -0.39 is 5.91 Å². The number of amides is 2. The summed E-state index contributed by atoms with van der Waals surface area (Å²) in [4.78, 5) is 25.8. The second-order valence-corrected chi connectivity index (χ2v) is 5.62. The van der Waals surface area contributed by atoms with Crippen molar-refractivity contribution >= 4 is 11.8 Å². The van der Waals surface area contributed by atoms with Crippen molar-refractivity contribution in [2.75, 3.05) is 0 Å². The van der Waals surface area contributed by atoms with Crippen LogP contribution in [-0.4, -0.2) is 22.8 Å². The van der Waals surface area contributed by atoms with Gasteiger partial charge in [0.25, 0.3) is 5.91 Å². The largest absolute Gasteiger partial charge is 0.366 e. The van der Waals surface area contributed by atoms with Crippen molar-refractivity contribution in [3.63, 3.8) is 0 Å². The molecule has 2 aromatic carbocycles. The Morgan fingerprint density at radius 2 is 1.57 bits per heavy atom. The first kappa shape index (κ1) is 16.7. The standard InChI is InChI=1S/C19H22N2O2/c1-3-14(2)21(13-15-7-5-4-6-8-15)19(23)17-11-9-16(10-12-17)18(20)22/h4-12,14H,3,13H2,1-2H3,(H2,20,22)/t14-/m1/s1. The lowest BCUT2D eigenvalue weighted by Crippen LogP contribution is -2.37. The van der Waals surface area contributed by atoms with Crippen LogP contribution in [0.3, 0.4) is 0 Å². The second kappa shape index (κ2) is 7.58. The Bertz CT molecular complexity index is 666. The molecule has 0 saturated heterocycles. The van der Waals surface area contributed by atoms with Gasteiger partial charge in [-0.2, -0.15) is 0 Å². The van der Waals surface area contributed by atoms with Crippen molar-refractivity contribution in [3.8, 4) is 0 Å². The van der Waals surface area contributed by atoms with E-state index in [1.165, 1.54) is 0 Å². The zero-order valence-corrected chi connectivity index (χ0v) is 13.5. The average Bonchev–Trinajstić information content (AvgIpc) is 2.59. The van der Waals surface area contributed by atoms with Crippen LogP contribution in [0.2, 0.25) is 0 Å². The number of hydrogen-bond donors (Lipinski definition) is 1. The van der Waals surface area contributed by atoms with Crippen LogP contribution < -0.4 is 5.73 Å². The van der Waals surface area contributed by atoms with Gasteiger partial charge in [-0.05, 0) is 43.2 Å². The van der Waals surface area contributed by atoms with Crippen LogP contribution in [0.25, 0.3) is 0 Å². The molecule has 0 heterocycles. The molecular weight excluding hydrogens is 288 g/mol. The molecular formula is C19H22N2O2. The molecule has 0 aromatic heterocycles. The molecule has 4 heteroatoms. The van der Waals surface area contributed by atoms with Gasteiger partial charge in [-0.3, -0.25) is 9.59 Å². The van der Waals surface area contributed by atoms with E-state index in [-0.39, 0.29) is 11.9 Å². The molecule has 0 unspecified atom stereocenters. The second-order valence-electron chi connectivity index (χ2n) is 5.62. The van der Waals surface area contributed by atoms with Crippen molar-refractivity contribution in [3.05, 3.63) is 71.3 Å². The normalized spacial score (nSPS) is 11.7. The Labute approximate surface area is 136 Å². The zero-order chi connectivity index (χ0) is 16.8. The highest BCUT2D eigenvalue weighted by Gasteiger charge is 2.20. The third-order valence-corrected chi connectivity index (χ3v) is 4.00. The number of nitrogens with zero attached hydrogens (tertiary/aromatic N) is 1. The molecule has 0 aliphatic heterocycles. The minimum absolute atomic E-state index is 0.0424. The molecule has 2 rings (SSSR count). The molecule has 0 aliphatic carbocycles. The molecule has 120 valence electrons. The molecule has 0 fully saturated rings. The van der Waals surface area contributed by atoms with Crippen LogP contribution in [0.5, 0.6) is 0 Å². The van der Waals surface area contributed by atoms with E-state index in [1.807, 2.05) is 42.2 Å². The Morgan fingerprint density at radius 1 is 1.00 bits per heavy atom. The summed E-state index contributed by atoms with van der Waals surface area (Å²) in [6.45, 7) is 4.66. The van der Waals surface area contributed by atoms with E-state index in [0.29, 0.717) is 17.7 Å². The third-order valence-electron chi connectivity index (χ3n) is 4.00. The van der Waals surface area contributed by atoms with Gasteiger partial charge in [-0.25, -0.2) is 0 Å². The molecule has 2 N–H and O–H groups in total. The molecule has 2 aromatic rings. The number of carbonyl (C=O) groups is 2. The van der Waals surface area contributed by atoms with E-state index in [2.05, 4.69) is 6.92 Å². The van der Waals surface area contributed by atoms with Gasteiger partial charge in [0.15, 0.2) is 0 Å². The van der Waals surface area contributed by atoms with Gasteiger partial charge in [0, 0.05) is 23.7 Å². The fourth-order valence-corrected chi connectivity index (χ4v) is 2.37. The predicted octanol–water partition coefficient (Wildman–Crippen LogP) is 3.23. The smallest absolute Gasteiger partial charge is 0.254 e. The molecule has 0 bridgehead atoms. The van der Waals surface area contributed by atoms with E-state index in [1.54, 1.807) is 24.3 Å². The Kier molecular flexibility index (Phi) is 5.52.